The largest absolute Gasteiger partial charge is 0.466 e. The topological polar surface area (TPSA) is 56.3 Å². The first-order chi connectivity index (χ1) is 6.80. The smallest absolute Gasteiger partial charge is 0.217 e. The maximum Gasteiger partial charge on any atom is 0.217 e. The number of alkyl halides is 3. The zero-order valence-corrected chi connectivity index (χ0v) is 10.0. The molecule has 0 aliphatic carbocycles. The van der Waals surface area contributed by atoms with E-state index in [0.29, 0.717) is 11.5 Å². The highest BCUT2D eigenvalue weighted by atomic mass is 35.6. The molecule has 0 saturated heterocycles. The fourth-order valence-corrected chi connectivity index (χ4v) is 1.67. The van der Waals surface area contributed by atoms with Crippen molar-refractivity contribution in [1.29, 1.82) is 0 Å². The van der Waals surface area contributed by atoms with Gasteiger partial charge in [0.05, 0.1) is 0 Å². The minimum absolute atomic E-state index is 0.309. The van der Waals surface area contributed by atoms with E-state index in [1.165, 1.54) is 0 Å². The quantitative estimate of drug-likeness (QED) is 0.482. The lowest BCUT2D eigenvalue weighted by molar-refractivity contribution is -0.483. The molecule has 0 aliphatic heterocycles. The van der Waals surface area contributed by atoms with Crippen LogP contribution in [0.1, 0.15) is 17.4 Å². The minimum Gasteiger partial charge on any atom is -0.466 e. The highest BCUT2D eigenvalue weighted by Gasteiger charge is 2.40. The van der Waals surface area contributed by atoms with Crippen LogP contribution in [0, 0.1) is 17.0 Å². The first-order valence-corrected chi connectivity index (χ1v) is 5.19. The zero-order valence-electron chi connectivity index (χ0n) is 7.75. The normalized spacial score (nSPS) is 13.9. The number of aryl methyl sites for hydroxylation is 1. The molecule has 1 atom stereocenters. The molecule has 4 nitrogen and oxygen atoms in total. The van der Waals surface area contributed by atoms with Gasteiger partial charge >= 0.3 is 0 Å². The molecular weight excluding hydrogens is 264 g/mol. The molecule has 1 heterocycles. The molecule has 1 aromatic heterocycles. The number of nitrogens with zero attached hydrogens (tertiary/aromatic N) is 1. The summed E-state index contributed by atoms with van der Waals surface area (Å²) in [5.74, 6) is 0.0444. The van der Waals surface area contributed by atoms with Gasteiger partial charge in [0, 0.05) is 4.92 Å². The van der Waals surface area contributed by atoms with Crippen LogP contribution in [0.3, 0.4) is 0 Å². The van der Waals surface area contributed by atoms with E-state index in [9.17, 15) is 10.1 Å². The molecular formula is C8H8Cl3NO3. The van der Waals surface area contributed by atoms with E-state index in [1.807, 2.05) is 0 Å². The molecule has 0 spiro atoms. The predicted octanol–water partition coefficient (Wildman–Crippen LogP) is 3.32. The van der Waals surface area contributed by atoms with E-state index in [1.54, 1.807) is 19.1 Å². The van der Waals surface area contributed by atoms with Crippen LogP contribution in [0.2, 0.25) is 0 Å². The average molecular weight is 273 g/mol. The molecule has 0 amide bonds. The first-order valence-electron chi connectivity index (χ1n) is 4.05. The Hall–Kier alpha value is -0.450. The standard InChI is InChI=1S/C8H8Cl3NO3/c1-5-2-3-7(15-5)6(4-12(13)14)8(9,10)11/h2-3,6H,4H2,1H3/t6-/m1/s1. The van der Waals surface area contributed by atoms with Crippen LogP contribution in [0.4, 0.5) is 0 Å². The third-order valence-corrected chi connectivity index (χ3v) is 2.62. The summed E-state index contributed by atoms with van der Waals surface area (Å²) in [4.78, 5) is 9.89. The van der Waals surface area contributed by atoms with Gasteiger partial charge in [-0.25, -0.2) is 0 Å². The highest BCUT2D eigenvalue weighted by molar-refractivity contribution is 6.68. The van der Waals surface area contributed by atoms with Gasteiger partial charge < -0.3 is 4.42 Å². The number of hydrogen-bond acceptors (Lipinski definition) is 3. The monoisotopic (exact) mass is 271 g/mol. The van der Waals surface area contributed by atoms with Gasteiger partial charge in [-0.15, -0.1) is 0 Å². The third kappa shape index (κ3) is 3.55. The number of hydrogen-bond donors (Lipinski definition) is 0. The van der Waals surface area contributed by atoms with E-state index >= 15 is 0 Å². The molecule has 0 saturated carbocycles. The fraction of sp³-hybridized carbons (Fsp3) is 0.500. The van der Waals surface area contributed by atoms with E-state index in [4.69, 9.17) is 39.2 Å². The molecule has 0 unspecified atom stereocenters. The molecule has 7 heteroatoms. The molecule has 0 radical (unpaired) electrons. The predicted molar refractivity (Wildman–Crippen MR) is 58.3 cm³/mol. The van der Waals surface area contributed by atoms with Crippen molar-refractivity contribution < 1.29 is 9.34 Å². The zero-order chi connectivity index (χ0) is 11.6. The summed E-state index contributed by atoms with van der Waals surface area (Å²) in [6.07, 6.45) is 0. The second-order valence-corrected chi connectivity index (χ2v) is 5.43. The summed E-state index contributed by atoms with van der Waals surface area (Å²) in [7, 11) is 0. The summed E-state index contributed by atoms with van der Waals surface area (Å²) in [5, 5.41) is 10.4. The lowest BCUT2D eigenvalue weighted by atomic mass is 10.1. The minimum atomic E-state index is -1.75. The van der Waals surface area contributed by atoms with Crippen molar-refractivity contribution in [3.05, 3.63) is 33.8 Å². The summed E-state index contributed by atoms with van der Waals surface area (Å²) in [6.45, 7) is 1.23. The number of furan rings is 1. The second kappa shape index (κ2) is 4.60. The van der Waals surface area contributed by atoms with Gasteiger partial charge in [-0.3, -0.25) is 10.1 Å². The van der Waals surface area contributed by atoms with E-state index in [0.717, 1.165) is 0 Å². The third-order valence-electron chi connectivity index (χ3n) is 1.83. The van der Waals surface area contributed by atoms with Crippen molar-refractivity contribution in [1.82, 2.24) is 0 Å². The van der Waals surface area contributed by atoms with Crippen molar-refractivity contribution in [3.8, 4) is 0 Å². The Balaban J connectivity index is 2.96. The van der Waals surface area contributed by atoms with Crippen molar-refractivity contribution in [2.24, 2.45) is 0 Å². The van der Waals surface area contributed by atoms with Crippen LogP contribution in [0.15, 0.2) is 16.5 Å². The van der Waals surface area contributed by atoms with Crippen LogP contribution < -0.4 is 0 Å². The first kappa shape index (κ1) is 12.6. The van der Waals surface area contributed by atoms with Crippen molar-refractivity contribution >= 4 is 34.8 Å². The molecule has 84 valence electrons. The van der Waals surface area contributed by atoms with Crippen LogP contribution in [0.5, 0.6) is 0 Å². The highest BCUT2D eigenvalue weighted by Crippen LogP contribution is 2.42. The second-order valence-electron chi connectivity index (χ2n) is 3.06. The van der Waals surface area contributed by atoms with Gasteiger partial charge in [-0.05, 0) is 19.1 Å². The van der Waals surface area contributed by atoms with Crippen LogP contribution >= 0.6 is 34.8 Å². The van der Waals surface area contributed by atoms with Crippen molar-refractivity contribution in [3.63, 3.8) is 0 Å². The summed E-state index contributed by atoms with van der Waals surface area (Å²) in [6, 6.07) is 3.24. The lowest BCUT2D eigenvalue weighted by Gasteiger charge is -2.18. The van der Waals surface area contributed by atoms with E-state index < -0.39 is 21.2 Å². The molecule has 0 aliphatic rings. The van der Waals surface area contributed by atoms with Gasteiger partial charge in [0.25, 0.3) is 0 Å². The van der Waals surface area contributed by atoms with Crippen LogP contribution in [-0.4, -0.2) is 15.3 Å². The Morgan fingerprint density at radius 1 is 1.53 bits per heavy atom. The number of halogens is 3. The lowest BCUT2D eigenvalue weighted by Crippen LogP contribution is -2.24. The Kier molecular flexibility index (Phi) is 3.87. The van der Waals surface area contributed by atoms with Gasteiger partial charge in [0.1, 0.15) is 17.4 Å². The Labute approximate surface area is 101 Å². The van der Waals surface area contributed by atoms with E-state index in [-0.39, 0.29) is 0 Å². The molecule has 1 rings (SSSR count). The fourth-order valence-electron chi connectivity index (χ4n) is 1.14. The van der Waals surface area contributed by atoms with Crippen LogP contribution in [0.25, 0.3) is 0 Å². The number of rotatable bonds is 3. The van der Waals surface area contributed by atoms with Gasteiger partial charge in [0.15, 0.2) is 0 Å². The van der Waals surface area contributed by atoms with Crippen molar-refractivity contribution in [2.75, 3.05) is 6.54 Å². The van der Waals surface area contributed by atoms with Gasteiger partial charge in [-0.1, -0.05) is 34.8 Å². The molecule has 0 aromatic carbocycles. The summed E-state index contributed by atoms with van der Waals surface area (Å²) in [5.41, 5.74) is 0. The Bertz CT molecular complexity index is 358. The van der Waals surface area contributed by atoms with Gasteiger partial charge in [-0.2, -0.15) is 0 Å². The molecule has 0 bridgehead atoms. The maximum atomic E-state index is 10.4. The average Bonchev–Trinajstić information content (AvgIpc) is 2.45. The van der Waals surface area contributed by atoms with Crippen LogP contribution in [-0.2, 0) is 0 Å². The Morgan fingerprint density at radius 3 is 2.47 bits per heavy atom. The Morgan fingerprint density at radius 2 is 2.13 bits per heavy atom. The molecule has 0 fully saturated rings. The van der Waals surface area contributed by atoms with Gasteiger partial charge in [0.2, 0.25) is 10.3 Å². The van der Waals surface area contributed by atoms with Crippen molar-refractivity contribution in [2.45, 2.75) is 16.6 Å². The molecule has 15 heavy (non-hydrogen) atoms. The summed E-state index contributed by atoms with van der Waals surface area (Å²) < 4.78 is 3.46. The van der Waals surface area contributed by atoms with E-state index in [2.05, 4.69) is 0 Å². The summed E-state index contributed by atoms with van der Waals surface area (Å²) >= 11 is 17.0. The molecule has 0 N–H and O–H groups in total. The maximum absolute atomic E-state index is 10.4. The number of nitro groups is 1. The SMILES string of the molecule is Cc1ccc([C@@H](C[N+](=O)[O-])C(Cl)(Cl)Cl)o1. The molecule has 1 aromatic rings.